The van der Waals surface area contributed by atoms with E-state index in [9.17, 15) is 9.18 Å². The van der Waals surface area contributed by atoms with Crippen LogP contribution in [0.15, 0.2) is 40.8 Å². The van der Waals surface area contributed by atoms with Crippen LogP contribution in [-0.2, 0) is 4.79 Å². The second-order valence-corrected chi connectivity index (χ2v) is 7.21. The summed E-state index contributed by atoms with van der Waals surface area (Å²) in [5, 5.41) is 0. The van der Waals surface area contributed by atoms with Crippen LogP contribution >= 0.6 is 22.9 Å². The van der Waals surface area contributed by atoms with E-state index >= 15 is 0 Å². The molecule has 0 radical (unpaired) electrons. The predicted molar refractivity (Wildman–Crippen MR) is 95.3 cm³/mol. The molecule has 0 aliphatic rings. The third kappa shape index (κ3) is 3.91. The number of aromatic nitrogens is 1. The number of hydrogen-bond acceptors (Lipinski definition) is 5. The summed E-state index contributed by atoms with van der Waals surface area (Å²) >= 11 is 7.28. The Kier molecular flexibility index (Phi) is 5.20. The quantitative estimate of drug-likeness (QED) is 0.524. The van der Waals surface area contributed by atoms with Gasteiger partial charge in [0.05, 0.1) is 15.1 Å². The molecular weight excluding hydrogens is 365 g/mol. The molecule has 4 nitrogen and oxygen atoms in total. The highest BCUT2D eigenvalue weighted by atomic mass is 35.5. The number of oxazole rings is 1. The SMILES string of the molecule is CCC(C)C(=O)Oc1nc(-c2ccc(F)cc2)oc1-c1ccc(Cl)s1. The molecule has 0 N–H and O–H groups in total. The van der Waals surface area contributed by atoms with Gasteiger partial charge in [0.25, 0.3) is 5.88 Å². The summed E-state index contributed by atoms with van der Waals surface area (Å²) in [5.74, 6) is -0.345. The van der Waals surface area contributed by atoms with Gasteiger partial charge in [-0.3, -0.25) is 4.79 Å². The Hall–Kier alpha value is -2.18. The molecule has 2 aromatic heterocycles. The molecule has 0 spiro atoms. The highest BCUT2D eigenvalue weighted by molar-refractivity contribution is 7.19. The lowest BCUT2D eigenvalue weighted by molar-refractivity contribution is -0.138. The van der Waals surface area contributed by atoms with Gasteiger partial charge in [0.1, 0.15) is 5.82 Å². The average molecular weight is 380 g/mol. The number of carbonyl (C=O) groups is 1. The standard InChI is InChI=1S/C18H15ClFNO3S/c1-3-10(2)18(22)24-17-15(13-8-9-14(19)25-13)23-16(21-17)11-4-6-12(20)7-5-11/h4-10H,3H2,1-2H3. The molecule has 7 heteroatoms. The maximum Gasteiger partial charge on any atom is 0.315 e. The van der Waals surface area contributed by atoms with Crippen molar-refractivity contribution in [2.45, 2.75) is 20.3 Å². The number of hydrogen-bond donors (Lipinski definition) is 0. The van der Waals surface area contributed by atoms with E-state index in [0.29, 0.717) is 27.0 Å². The number of rotatable bonds is 5. The van der Waals surface area contributed by atoms with Crippen molar-refractivity contribution in [2.24, 2.45) is 5.92 Å². The zero-order valence-corrected chi connectivity index (χ0v) is 15.2. The summed E-state index contributed by atoms with van der Waals surface area (Å²) in [6, 6.07) is 9.21. The molecule has 1 unspecified atom stereocenters. The molecule has 3 aromatic rings. The van der Waals surface area contributed by atoms with E-state index in [0.717, 1.165) is 0 Å². The zero-order valence-electron chi connectivity index (χ0n) is 13.6. The molecule has 0 saturated heterocycles. The zero-order chi connectivity index (χ0) is 18.0. The minimum atomic E-state index is -0.384. The number of esters is 1. The van der Waals surface area contributed by atoms with Crippen molar-refractivity contribution in [3.05, 3.63) is 46.6 Å². The van der Waals surface area contributed by atoms with Crippen molar-refractivity contribution in [3.63, 3.8) is 0 Å². The fourth-order valence-corrected chi connectivity index (χ4v) is 3.06. The van der Waals surface area contributed by atoms with Crippen molar-refractivity contribution >= 4 is 28.9 Å². The predicted octanol–water partition coefficient (Wildman–Crippen LogP) is 5.81. The molecular formula is C18H15ClFNO3S. The summed E-state index contributed by atoms with van der Waals surface area (Å²) in [5.41, 5.74) is 0.580. The van der Waals surface area contributed by atoms with E-state index in [4.69, 9.17) is 20.8 Å². The van der Waals surface area contributed by atoms with Crippen LogP contribution in [0.4, 0.5) is 4.39 Å². The Labute approximate surface area is 153 Å². The number of nitrogens with zero attached hydrogens (tertiary/aromatic N) is 1. The molecule has 1 atom stereocenters. The molecule has 0 aliphatic carbocycles. The Morgan fingerprint density at radius 1 is 1.32 bits per heavy atom. The first-order chi connectivity index (χ1) is 12.0. The van der Waals surface area contributed by atoms with Gasteiger partial charge in [-0.2, -0.15) is 4.98 Å². The van der Waals surface area contributed by atoms with Crippen LogP contribution in [0.1, 0.15) is 20.3 Å². The summed E-state index contributed by atoms with van der Waals surface area (Å²) in [4.78, 5) is 17.1. The minimum Gasteiger partial charge on any atom is -0.431 e. The van der Waals surface area contributed by atoms with Gasteiger partial charge in [0.15, 0.2) is 0 Å². The van der Waals surface area contributed by atoms with Crippen LogP contribution in [0.2, 0.25) is 4.34 Å². The van der Waals surface area contributed by atoms with Crippen LogP contribution in [0.25, 0.3) is 22.1 Å². The normalized spacial score (nSPS) is 12.2. The summed E-state index contributed by atoms with van der Waals surface area (Å²) in [6.07, 6.45) is 0.654. The van der Waals surface area contributed by atoms with E-state index in [1.165, 1.54) is 23.5 Å². The smallest absolute Gasteiger partial charge is 0.315 e. The van der Waals surface area contributed by atoms with E-state index in [1.807, 2.05) is 6.92 Å². The van der Waals surface area contributed by atoms with Gasteiger partial charge in [-0.25, -0.2) is 4.39 Å². The Balaban J connectivity index is 2.02. The van der Waals surface area contributed by atoms with Crippen LogP contribution < -0.4 is 4.74 Å². The Morgan fingerprint density at radius 3 is 2.64 bits per heavy atom. The molecule has 0 amide bonds. The van der Waals surface area contributed by atoms with E-state index < -0.39 is 0 Å². The van der Waals surface area contributed by atoms with Gasteiger partial charge in [-0.1, -0.05) is 25.4 Å². The average Bonchev–Trinajstić information content (AvgIpc) is 3.21. The van der Waals surface area contributed by atoms with Crippen LogP contribution in [0, 0.1) is 11.7 Å². The third-order valence-electron chi connectivity index (χ3n) is 3.70. The first-order valence-corrected chi connectivity index (χ1v) is 8.91. The fourth-order valence-electron chi connectivity index (χ4n) is 2.05. The lowest BCUT2D eigenvalue weighted by atomic mass is 10.1. The second-order valence-electron chi connectivity index (χ2n) is 5.49. The van der Waals surface area contributed by atoms with Crippen molar-refractivity contribution in [1.29, 1.82) is 0 Å². The lowest BCUT2D eigenvalue weighted by Gasteiger charge is -2.06. The van der Waals surface area contributed by atoms with E-state index in [1.54, 1.807) is 31.2 Å². The number of carbonyl (C=O) groups excluding carboxylic acids is 1. The third-order valence-corrected chi connectivity index (χ3v) is 4.93. The maximum atomic E-state index is 13.1. The molecule has 0 fully saturated rings. The van der Waals surface area contributed by atoms with Crippen molar-refractivity contribution in [1.82, 2.24) is 4.98 Å². The monoisotopic (exact) mass is 379 g/mol. The molecule has 1 aromatic carbocycles. The second kappa shape index (κ2) is 7.37. The molecule has 2 heterocycles. The van der Waals surface area contributed by atoms with Crippen molar-refractivity contribution < 1.29 is 18.3 Å². The first kappa shape index (κ1) is 17.6. The number of ether oxygens (including phenoxy) is 1. The summed E-state index contributed by atoms with van der Waals surface area (Å²) in [6.45, 7) is 3.68. The Morgan fingerprint density at radius 2 is 2.04 bits per heavy atom. The Bertz CT molecular complexity index is 888. The lowest BCUT2D eigenvalue weighted by Crippen LogP contribution is -2.17. The molecule has 25 heavy (non-hydrogen) atoms. The van der Waals surface area contributed by atoms with Gasteiger partial charge in [0.2, 0.25) is 11.7 Å². The minimum absolute atomic E-state index is 0.0862. The maximum absolute atomic E-state index is 13.1. The molecule has 0 bridgehead atoms. The number of benzene rings is 1. The highest BCUT2D eigenvalue weighted by Gasteiger charge is 2.23. The van der Waals surface area contributed by atoms with Gasteiger partial charge in [0, 0.05) is 5.56 Å². The van der Waals surface area contributed by atoms with Crippen molar-refractivity contribution in [2.75, 3.05) is 0 Å². The van der Waals surface area contributed by atoms with Crippen LogP contribution in [0.5, 0.6) is 5.88 Å². The summed E-state index contributed by atoms with van der Waals surface area (Å²) in [7, 11) is 0. The van der Waals surface area contributed by atoms with Crippen LogP contribution in [0.3, 0.4) is 0 Å². The molecule has 130 valence electrons. The first-order valence-electron chi connectivity index (χ1n) is 7.72. The number of thiophene rings is 1. The fraction of sp³-hybridized carbons (Fsp3) is 0.222. The van der Waals surface area contributed by atoms with E-state index in [2.05, 4.69) is 4.98 Å². The van der Waals surface area contributed by atoms with Crippen molar-refractivity contribution in [3.8, 4) is 28.0 Å². The molecule has 0 saturated carbocycles. The van der Waals surface area contributed by atoms with Gasteiger partial charge in [-0.15, -0.1) is 11.3 Å². The summed E-state index contributed by atoms with van der Waals surface area (Å²) < 4.78 is 24.9. The number of halogens is 2. The largest absolute Gasteiger partial charge is 0.431 e. The van der Waals surface area contributed by atoms with Gasteiger partial charge in [-0.05, 0) is 42.8 Å². The highest BCUT2D eigenvalue weighted by Crippen LogP contribution is 2.39. The molecule has 0 aliphatic heterocycles. The van der Waals surface area contributed by atoms with Crippen LogP contribution in [-0.4, -0.2) is 11.0 Å². The van der Waals surface area contributed by atoms with E-state index in [-0.39, 0.29) is 29.5 Å². The van der Waals surface area contributed by atoms with Gasteiger partial charge >= 0.3 is 5.97 Å². The van der Waals surface area contributed by atoms with Gasteiger partial charge < -0.3 is 9.15 Å². The molecule has 3 rings (SSSR count). The topological polar surface area (TPSA) is 52.3 Å².